The molecule has 0 saturated heterocycles. The van der Waals surface area contributed by atoms with Gasteiger partial charge in [0.15, 0.2) is 0 Å². The molecule has 0 aliphatic heterocycles. The van der Waals surface area contributed by atoms with Gasteiger partial charge in [0.2, 0.25) is 0 Å². The van der Waals surface area contributed by atoms with Gasteiger partial charge in [-0.3, -0.25) is 4.79 Å². The first-order chi connectivity index (χ1) is 9.65. The van der Waals surface area contributed by atoms with E-state index in [-0.39, 0.29) is 5.91 Å². The van der Waals surface area contributed by atoms with Crippen LogP contribution in [0.15, 0.2) is 48.5 Å². The van der Waals surface area contributed by atoms with Crippen LogP contribution in [0.5, 0.6) is 5.75 Å². The monoisotopic (exact) mass is 270 g/mol. The molecule has 3 N–H and O–H groups in total. The molecule has 0 unspecified atom stereocenters. The van der Waals surface area contributed by atoms with Crippen molar-refractivity contribution in [2.75, 3.05) is 18.9 Å². The van der Waals surface area contributed by atoms with Gasteiger partial charge < -0.3 is 15.8 Å². The smallest absolute Gasteiger partial charge is 0.251 e. The van der Waals surface area contributed by atoms with E-state index in [1.165, 1.54) is 0 Å². The van der Waals surface area contributed by atoms with Gasteiger partial charge in [0.25, 0.3) is 5.91 Å². The normalized spacial score (nSPS) is 10.1. The summed E-state index contributed by atoms with van der Waals surface area (Å²) in [5.74, 6) is 0.685. The number of nitrogen functional groups attached to an aromatic ring is 1. The number of ether oxygens (including phenoxy) is 1. The van der Waals surface area contributed by atoms with Crippen LogP contribution in [0.1, 0.15) is 15.9 Å². The second kappa shape index (κ2) is 6.61. The molecule has 2 aromatic carbocycles. The molecule has 2 rings (SSSR count). The molecule has 0 radical (unpaired) electrons. The summed E-state index contributed by atoms with van der Waals surface area (Å²) in [6.07, 6.45) is 0. The van der Waals surface area contributed by atoms with E-state index in [0.717, 1.165) is 11.3 Å². The van der Waals surface area contributed by atoms with Gasteiger partial charge in [0.05, 0.1) is 6.54 Å². The van der Waals surface area contributed by atoms with E-state index >= 15 is 0 Å². The molecule has 0 aromatic heterocycles. The summed E-state index contributed by atoms with van der Waals surface area (Å²) in [4.78, 5) is 11.8. The second-order valence-electron chi connectivity index (χ2n) is 4.54. The first kappa shape index (κ1) is 13.9. The molecule has 0 aliphatic carbocycles. The Balaban J connectivity index is 1.76. The van der Waals surface area contributed by atoms with Crippen LogP contribution < -0.4 is 15.8 Å². The van der Waals surface area contributed by atoms with Crippen molar-refractivity contribution in [2.24, 2.45) is 0 Å². The molecule has 1 amide bonds. The summed E-state index contributed by atoms with van der Waals surface area (Å²) < 4.78 is 5.56. The van der Waals surface area contributed by atoms with Gasteiger partial charge >= 0.3 is 0 Å². The Morgan fingerprint density at radius 1 is 1.20 bits per heavy atom. The van der Waals surface area contributed by atoms with Crippen molar-refractivity contribution in [3.8, 4) is 5.75 Å². The number of carbonyl (C=O) groups excluding carboxylic acids is 1. The molecule has 0 aliphatic rings. The van der Waals surface area contributed by atoms with E-state index in [0.29, 0.717) is 24.4 Å². The highest BCUT2D eigenvalue weighted by molar-refractivity contribution is 5.94. The lowest BCUT2D eigenvalue weighted by atomic mass is 10.2. The molecule has 0 spiro atoms. The van der Waals surface area contributed by atoms with Crippen LogP contribution in [-0.4, -0.2) is 19.1 Å². The van der Waals surface area contributed by atoms with Crippen LogP contribution in [0.2, 0.25) is 0 Å². The summed E-state index contributed by atoms with van der Waals surface area (Å²) in [5, 5.41) is 2.80. The second-order valence-corrected chi connectivity index (χ2v) is 4.54. The predicted molar refractivity (Wildman–Crippen MR) is 79.9 cm³/mol. The lowest BCUT2D eigenvalue weighted by Crippen LogP contribution is -2.28. The van der Waals surface area contributed by atoms with Gasteiger partial charge in [-0.25, -0.2) is 0 Å². The fourth-order valence-electron chi connectivity index (χ4n) is 1.78. The topological polar surface area (TPSA) is 64.3 Å². The van der Waals surface area contributed by atoms with Crippen LogP contribution >= 0.6 is 0 Å². The minimum atomic E-state index is -0.127. The highest BCUT2D eigenvalue weighted by Gasteiger charge is 2.04. The number of nitrogens with one attached hydrogen (secondary N) is 1. The molecule has 4 nitrogen and oxygen atoms in total. The molecule has 0 heterocycles. The Morgan fingerprint density at radius 3 is 2.65 bits per heavy atom. The maximum absolute atomic E-state index is 11.8. The first-order valence-electron chi connectivity index (χ1n) is 6.48. The van der Waals surface area contributed by atoms with Crippen molar-refractivity contribution in [3.63, 3.8) is 0 Å². The predicted octanol–water partition coefficient (Wildman–Crippen LogP) is 2.39. The minimum Gasteiger partial charge on any atom is -0.492 e. The number of benzene rings is 2. The van der Waals surface area contributed by atoms with E-state index in [1.54, 1.807) is 24.3 Å². The zero-order valence-corrected chi connectivity index (χ0v) is 11.4. The number of nitrogens with two attached hydrogens (primary N) is 1. The maximum atomic E-state index is 11.8. The number of amides is 1. The molecular formula is C16H18N2O2. The van der Waals surface area contributed by atoms with Crippen LogP contribution in [0.4, 0.5) is 5.69 Å². The van der Waals surface area contributed by atoms with Crippen molar-refractivity contribution in [3.05, 3.63) is 59.7 Å². The SMILES string of the molecule is Cc1cccc(OCCNC(=O)c2ccc(N)cc2)c1. The summed E-state index contributed by atoms with van der Waals surface area (Å²) in [6.45, 7) is 2.90. The average Bonchev–Trinajstić information content (AvgIpc) is 2.44. The van der Waals surface area contributed by atoms with Crippen LogP contribution in [-0.2, 0) is 0 Å². The Hall–Kier alpha value is -2.49. The largest absolute Gasteiger partial charge is 0.492 e. The van der Waals surface area contributed by atoms with Crippen LogP contribution in [0.25, 0.3) is 0 Å². The highest BCUT2D eigenvalue weighted by Crippen LogP contribution is 2.11. The number of rotatable bonds is 5. The third-order valence-corrected chi connectivity index (χ3v) is 2.82. The lowest BCUT2D eigenvalue weighted by Gasteiger charge is -2.08. The van der Waals surface area contributed by atoms with Gasteiger partial charge in [0.1, 0.15) is 12.4 Å². The number of carbonyl (C=O) groups is 1. The van der Waals surface area contributed by atoms with E-state index in [9.17, 15) is 4.79 Å². The van der Waals surface area contributed by atoms with Gasteiger partial charge in [-0.05, 0) is 48.9 Å². The Bertz CT molecular complexity index is 579. The maximum Gasteiger partial charge on any atom is 0.251 e. The molecule has 104 valence electrons. The van der Waals surface area contributed by atoms with Crippen molar-refractivity contribution in [2.45, 2.75) is 6.92 Å². The molecule has 0 fully saturated rings. The molecule has 4 heteroatoms. The number of hydrogen-bond acceptors (Lipinski definition) is 3. The Kier molecular flexibility index (Phi) is 4.60. The molecular weight excluding hydrogens is 252 g/mol. The number of hydrogen-bond donors (Lipinski definition) is 2. The zero-order chi connectivity index (χ0) is 14.4. The van der Waals surface area contributed by atoms with Crippen LogP contribution in [0, 0.1) is 6.92 Å². The van der Waals surface area contributed by atoms with Gasteiger partial charge in [-0.15, -0.1) is 0 Å². The van der Waals surface area contributed by atoms with E-state index in [2.05, 4.69) is 5.32 Å². The van der Waals surface area contributed by atoms with E-state index in [4.69, 9.17) is 10.5 Å². The third kappa shape index (κ3) is 4.02. The number of anilines is 1. The Morgan fingerprint density at radius 2 is 1.95 bits per heavy atom. The zero-order valence-electron chi connectivity index (χ0n) is 11.4. The van der Waals surface area contributed by atoms with Crippen molar-refractivity contribution < 1.29 is 9.53 Å². The molecule has 0 bridgehead atoms. The standard InChI is InChI=1S/C16H18N2O2/c1-12-3-2-4-15(11-12)20-10-9-18-16(19)13-5-7-14(17)8-6-13/h2-8,11H,9-10,17H2,1H3,(H,18,19). The van der Waals surface area contributed by atoms with E-state index < -0.39 is 0 Å². The molecule has 20 heavy (non-hydrogen) atoms. The van der Waals surface area contributed by atoms with Gasteiger partial charge in [-0.2, -0.15) is 0 Å². The van der Waals surface area contributed by atoms with Crippen molar-refractivity contribution in [1.29, 1.82) is 0 Å². The molecule has 0 atom stereocenters. The average molecular weight is 270 g/mol. The fraction of sp³-hybridized carbons (Fsp3) is 0.188. The fourth-order valence-corrected chi connectivity index (χ4v) is 1.78. The summed E-state index contributed by atoms with van der Waals surface area (Å²) in [5.41, 5.74) is 7.96. The third-order valence-electron chi connectivity index (χ3n) is 2.82. The van der Waals surface area contributed by atoms with Crippen molar-refractivity contribution in [1.82, 2.24) is 5.32 Å². The summed E-state index contributed by atoms with van der Waals surface area (Å²) in [6, 6.07) is 14.6. The van der Waals surface area contributed by atoms with Gasteiger partial charge in [0, 0.05) is 11.3 Å². The number of aryl methyl sites for hydroxylation is 1. The molecule has 2 aromatic rings. The van der Waals surface area contributed by atoms with Gasteiger partial charge in [-0.1, -0.05) is 12.1 Å². The summed E-state index contributed by atoms with van der Waals surface area (Å²) >= 11 is 0. The molecule has 0 saturated carbocycles. The minimum absolute atomic E-state index is 0.127. The van der Waals surface area contributed by atoms with E-state index in [1.807, 2.05) is 31.2 Å². The van der Waals surface area contributed by atoms with Crippen molar-refractivity contribution >= 4 is 11.6 Å². The summed E-state index contributed by atoms with van der Waals surface area (Å²) in [7, 11) is 0. The van der Waals surface area contributed by atoms with Crippen LogP contribution in [0.3, 0.4) is 0 Å². The highest BCUT2D eigenvalue weighted by atomic mass is 16.5. The first-order valence-corrected chi connectivity index (χ1v) is 6.48. The lowest BCUT2D eigenvalue weighted by molar-refractivity contribution is 0.0947. The Labute approximate surface area is 118 Å². The quantitative estimate of drug-likeness (QED) is 0.647.